The van der Waals surface area contributed by atoms with Crippen molar-refractivity contribution in [2.75, 3.05) is 23.4 Å². The number of aliphatic hydroxyl groups is 1. The monoisotopic (exact) mass is 335 g/mol. The molecule has 1 aromatic carbocycles. The normalized spacial score (nSPS) is 20.4. The number of carbonyl (C=O) groups is 1. The lowest BCUT2D eigenvalue weighted by Crippen LogP contribution is -2.44. The first-order valence-corrected chi connectivity index (χ1v) is 8.49. The number of halogens is 1. The van der Waals surface area contributed by atoms with E-state index in [0.717, 1.165) is 11.4 Å². The molecule has 1 fully saturated rings. The van der Waals surface area contributed by atoms with Crippen LogP contribution in [-0.4, -0.2) is 39.4 Å². The van der Waals surface area contributed by atoms with Gasteiger partial charge in [-0.05, 0) is 42.5 Å². The van der Waals surface area contributed by atoms with Gasteiger partial charge in [-0.2, -0.15) is 11.8 Å². The summed E-state index contributed by atoms with van der Waals surface area (Å²) in [5, 5.41) is 15.3. The number of carbonyl (C=O) groups excluding carboxylic acids is 1. The number of urea groups is 1. The summed E-state index contributed by atoms with van der Waals surface area (Å²) in [6, 6.07) is 7.71. The molecule has 7 heteroatoms. The zero-order valence-electron chi connectivity index (χ0n) is 12.5. The molecule has 1 aliphatic rings. The van der Waals surface area contributed by atoms with E-state index in [4.69, 9.17) is 0 Å². The Morgan fingerprint density at radius 1 is 1.39 bits per heavy atom. The van der Waals surface area contributed by atoms with Crippen LogP contribution in [0.3, 0.4) is 0 Å². The maximum Gasteiger partial charge on any atom is 0.319 e. The van der Waals surface area contributed by atoms with Crippen molar-refractivity contribution in [2.24, 2.45) is 0 Å². The van der Waals surface area contributed by atoms with Crippen molar-refractivity contribution in [3.63, 3.8) is 0 Å². The number of amides is 2. The fraction of sp³-hybridized carbons (Fsp3) is 0.312. The van der Waals surface area contributed by atoms with Crippen molar-refractivity contribution in [3.8, 4) is 5.69 Å². The number of hydrogen-bond donors (Lipinski definition) is 3. The first-order chi connectivity index (χ1) is 11.1. The Labute approximate surface area is 137 Å². The first-order valence-electron chi connectivity index (χ1n) is 7.34. The van der Waals surface area contributed by atoms with Gasteiger partial charge in [0.15, 0.2) is 0 Å². The Morgan fingerprint density at radius 2 is 2.17 bits per heavy atom. The summed E-state index contributed by atoms with van der Waals surface area (Å²) >= 11 is 1.66. The molecule has 23 heavy (non-hydrogen) atoms. The van der Waals surface area contributed by atoms with Gasteiger partial charge in [0.1, 0.15) is 5.82 Å². The summed E-state index contributed by atoms with van der Waals surface area (Å²) in [5.41, 5.74) is -0.0212. The Morgan fingerprint density at radius 3 is 2.87 bits per heavy atom. The van der Waals surface area contributed by atoms with Crippen LogP contribution in [0.4, 0.5) is 14.9 Å². The smallest absolute Gasteiger partial charge is 0.319 e. The molecule has 1 aromatic heterocycles. The lowest BCUT2D eigenvalue weighted by Gasteiger charge is -2.21. The van der Waals surface area contributed by atoms with Gasteiger partial charge < -0.3 is 20.3 Å². The zero-order valence-corrected chi connectivity index (χ0v) is 13.3. The van der Waals surface area contributed by atoms with Gasteiger partial charge in [-0.15, -0.1) is 0 Å². The average molecular weight is 335 g/mol. The van der Waals surface area contributed by atoms with E-state index >= 15 is 0 Å². The maximum atomic E-state index is 13.9. The quantitative estimate of drug-likeness (QED) is 0.805. The first kappa shape index (κ1) is 15.9. The molecular formula is C16H18FN3O2S. The molecular weight excluding hydrogens is 317 g/mol. The molecule has 3 rings (SSSR count). The Bertz CT molecular complexity index is 685. The number of rotatable bonds is 4. The summed E-state index contributed by atoms with van der Waals surface area (Å²) in [6.45, 7) is 0.157. The van der Waals surface area contributed by atoms with E-state index in [-0.39, 0.29) is 12.2 Å². The number of hydrogen-bond acceptors (Lipinski definition) is 3. The standard InChI is InChI=1S/C16H18FN3O2S/c17-13-4-3-12(20-6-1-2-7-20)9-14(13)19-15(21)18-10-16(22)5-8-23-11-16/h1-4,6-7,9,22H,5,8,10-11H2,(H2,18,19,21). The van der Waals surface area contributed by atoms with Gasteiger partial charge in [0.25, 0.3) is 0 Å². The van der Waals surface area contributed by atoms with Crippen LogP contribution in [0, 0.1) is 5.82 Å². The van der Waals surface area contributed by atoms with Crippen molar-refractivity contribution >= 4 is 23.5 Å². The highest BCUT2D eigenvalue weighted by Gasteiger charge is 2.31. The third-order valence-corrected chi connectivity index (χ3v) is 5.00. The van der Waals surface area contributed by atoms with Crippen molar-refractivity contribution < 1.29 is 14.3 Å². The van der Waals surface area contributed by atoms with Crippen LogP contribution in [0.2, 0.25) is 0 Å². The molecule has 3 N–H and O–H groups in total. The molecule has 0 aliphatic carbocycles. The molecule has 0 bridgehead atoms. The van der Waals surface area contributed by atoms with E-state index in [0.29, 0.717) is 12.2 Å². The van der Waals surface area contributed by atoms with Gasteiger partial charge in [0.2, 0.25) is 0 Å². The number of anilines is 1. The van der Waals surface area contributed by atoms with Crippen LogP contribution in [-0.2, 0) is 0 Å². The van der Waals surface area contributed by atoms with Crippen molar-refractivity contribution in [2.45, 2.75) is 12.0 Å². The van der Waals surface area contributed by atoms with E-state index < -0.39 is 17.4 Å². The second-order valence-electron chi connectivity index (χ2n) is 5.59. The van der Waals surface area contributed by atoms with Gasteiger partial charge in [-0.3, -0.25) is 0 Å². The van der Waals surface area contributed by atoms with Gasteiger partial charge in [0, 0.05) is 30.4 Å². The summed E-state index contributed by atoms with van der Waals surface area (Å²) in [6.07, 6.45) is 4.32. The summed E-state index contributed by atoms with van der Waals surface area (Å²) in [7, 11) is 0. The topological polar surface area (TPSA) is 66.3 Å². The van der Waals surface area contributed by atoms with E-state index in [1.54, 1.807) is 23.9 Å². The van der Waals surface area contributed by atoms with Gasteiger partial charge in [-0.1, -0.05) is 0 Å². The number of nitrogens with one attached hydrogen (secondary N) is 2. The minimum absolute atomic E-state index is 0.0986. The SMILES string of the molecule is O=C(NCC1(O)CCSC1)Nc1cc(-n2cccc2)ccc1F. The number of nitrogens with zero attached hydrogens (tertiary/aromatic N) is 1. The summed E-state index contributed by atoms with van der Waals surface area (Å²) < 4.78 is 15.7. The van der Waals surface area contributed by atoms with Crippen LogP contribution in [0.25, 0.3) is 5.69 Å². The van der Waals surface area contributed by atoms with Gasteiger partial charge in [0.05, 0.1) is 11.3 Å². The fourth-order valence-corrected chi connectivity index (χ4v) is 3.72. The second kappa shape index (κ2) is 6.64. The van der Waals surface area contributed by atoms with Gasteiger partial charge in [-0.25, -0.2) is 9.18 Å². The Balaban J connectivity index is 1.65. The molecule has 0 radical (unpaired) electrons. The number of benzene rings is 1. The molecule has 2 aromatic rings. The van der Waals surface area contributed by atoms with Crippen LogP contribution >= 0.6 is 11.8 Å². The molecule has 1 atom stereocenters. The van der Waals surface area contributed by atoms with E-state index in [2.05, 4.69) is 10.6 Å². The lowest BCUT2D eigenvalue weighted by molar-refractivity contribution is 0.0706. The highest BCUT2D eigenvalue weighted by molar-refractivity contribution is 7.99. The minimum atomic E-state index is -0.868. The fourth-order valence-electron chi connectivity index (χ4n) is 2.42. The second-order valence-corrected chi connectivity index (χ2v) is 6.69. The minimum Gasteiger partial charge on any atom is -0.387 e. The van der Waals surface area contributed by atoms with Crippen molar-refractivity contribution in [1.82, 2.24) is 9.88 Å². The summed E-state index contributed by atoms with van der Waals surface area (Å²) in [5.74, 6) is 0.976. The maximum absolute atomic E-state index is 13.9. The third kappa shape index (κ3) is 3.86. The Kier molecular flexibility index (Phi) is 4.58. The molecule has 1 unspecified atom stereocenters. The van der Waals surface area contributed by atoms with Crippen molar-refractivity contribution in [1.29, 1.82) is 0 Å². The molecule has 1 aliphatic heterocycles. The molecule has 5 nitrogen and oxygen atoms in total. The number of aromatic nitrogens is 1. The predicted octanol–water partition coefficient (Wildman–Crippen LogP) is 2.61. The summed E-state index contributed by atoms with van der Waals surface area (Å²) in [4.78, 5) is 11.9. The third-order valence-electron chi connectivity index (χ3n) is 3.76. The van der Waals surface area contributed by atoms with Crippen molar-refractivity contribution in [3.05, 3.63) is 48.5 Å². The highest BCUT2D eigenvalue weighted by atomic mass is 32.2. The molecule has 2 amide bonds. The zero-order chi connectivity index (χ0) is 16.3. The largest absolute Gasteiger partial charge is 0.387 e. The van der Waals surface area contributed by atoms with Crippen LogP contribution in [0.1, 0.15) is 6.42 Å². The molecule has 0 saturated carbocycles. The van der Waals surface area contributed by atoms with Crippen LogP contribution < -0.4 is 10.6 Å². The number of thioether (sulfide) groups is 1. The van der Waals surface area contributed by atoms with E-state index in [1.165, 1.54) is 6.07 Å². The predicted molar refractivity (Wildman–Crippen MR) is 89.6 cm³/mol. The Hall–Kier alpha value is -1.99. The van der Waals surface area contributed by atoms with Crippen LogP contribution in [0.15, 0.2) is 42.7 Å². The van der Waals surface area contributed by atoms with E-state index in [9.17, 15) is 14.3 Å². The lowest BCUT2D eigenvalue weighted by atomic mass is 10.0. The van der Waals surface area contributed by atoms with Crippen LogP contribution in [0.5, 0.6) is 0 Å². The highest BCUT2D eigenvalue weighted by Crippen LogP contribution is 2.27. The molecule has 122 valence electrons. The van der Waals surface area contributed by atoms with Gasteiger partial charge >= 0.3 is 6.03 Å². The average Bonchev–Trinajstić information content (AvgIpc) is 3.20. The van der Waals surface area contributed by atoms with E-state index in [1.807, 2.05) is 29.1 Å². The molecule has 1 saturated heterocycles. The molecule has 2 heterocycles. The molecule has 0 spiro atoms.